The van der Waals surface area contributed by atoms with Crippen LogP contribution in [-0.4, -0.2) is 16.9 Å². The molecule has 108 valence electrons. The number of aryl methyl sites for hydroxylation is 1. The number of amides is 1. The fraction of sp³-hybridized carbons (Fsp3) is 0.250. The molecule has 21 heavy (non-hydrogen) atoms. The fourth-order valence-electron chi connectivity index (χ4n) is 2.46. The van der Waals surface area contributed by atoms with Crippen LogP contribution in [0.4, 0.5) is 5.69 Å². The molecule has 1 fully saturated rings. The Balaban J connectivity index is 1.62. The molecule has 0 spiro atoms. The highest BCUT2D eigenvalue weighted by molar-refractivity contribution is 5.95. The van der Waals surface area contributed by atoms with Crippen molar-refractivity contribution in [3.63, 3.8) is 0 Å². The first-order valence-corrected chi connectivity index (χ1v) is 7.02. The van der Waals surface area contributed by atoms with Crippen molar-refractivity contribution in [1.29, 1.82) is 0 Å². The van der Waals surface area contributed by atoms with E-state index in [2.05, 4.69) is 21.2 Å². The van der Waals surface area contributed by atoms with Crippen molar-refractivity contribution in [1.82, 2.24) is 15.8 Å². The van der Waals surface area contributed by atoms with Crippen LogP contribution < -0.4 is 16.2 Å². The SMILES string of the molecule is Cc1cccc(NC(=O)C2CC(c3ccccn3)NN2)c1. The van der Waals surface area contributed by atoms with E-state index in [1.807, 2.05) is 49.4 Å². The van der Waals surface area contributed by atoms with E-state index in [1.165, 1.54) is 0 Å². The summed E-state index contributed by atoms with van der Waals surface area (Å²) in [4.78, 5) is 16.6. The van der Waals surface area contributed by atoms with Crippen LogP contribution in [0, 0.1) is 6.92 Å². The first-order valence-electron chi connectivity index (χ1n) is 7.02. The second-order valence-corrected chi connectivity index (χ2v) is 5.24. The number of carbonyl (C=O) groups excluding carboxylic acids is 1. The van der Waals surface area contributed by atoms with Crippen molar-refractivity contribution in [3.05, 3.63) is 59.9 Å². The molecular formula is C16H18N4O. The summed E-state index contributed by atoms with van der Waals surface area (Å²) in [6.45, 7) is 2.00. The zero-order valence-corrected chi connectivity index (χ0v) is 11.8. The molecule has 1 saturated heterocycles. The number of hydrogen-bond donors (Lipinski definition) is 3. The Hall–Kier alpha value is -2.24. The third kappa shape index (κ3) is 3.26. The summed E-state index contributed by atoms with van der Waals surface area (Å²) in [6.07, 6.45) is 2.44. The highest BCUT2D eigenvalue weighted by Crippen LogP contribution is 2.21. The molecule has 0 saturated carbocycles. The van der Waals surface area contributed by atoms with Gasteiger partial charge in [0.25, 0.3) is 0 Å². The maximum absolute atomic E-state index is 12.3. The molecule has 1 aliphatic heterocycles. The van der Waals surface area contributed by atoms with Crippen LogP contribution in [0.5, 0.6) is 0 Å². The topological polar surface area (TPSA) is 66.0 Å². The Bertz CT molecular complexity index is 629. The number of nitrogens with zero attached hydrogens (tertiary/aromatic N) is 1. The maximum atomic E-state index is 12.3. The maximum Gasteiger partial charge on any atom is 0.242 e. The van der Waals surface area contributed by atoms with Crippen molar-refractivity contribution < 1.29 is 4.79 Å². The van der Waals surface area contributed by atoms with Gasteiger partial charge in [-0.25, -0.2) is 10.9 Å². The van der Waals surface area contributed by atoms with E-state index in [-0.39, 0.29) is 18.0 Å². The molecule has 2 heterocycles. The summed E-state index contributed by atoms with van der Waals surface area (Å²) in [5.74, 6) is -0.0356. The zero-order valence-electron chi connectivity index (χ0n) is 11.8. The molecule has 0 aliphatic carbocycles. The highest BCUT2D eigenvalue weighted by Gasteiger charge is 2.30. The second kappa shape index (κ2) is 6.03. The van der Waals surface area contributed by atoms with E-state index >= 15 is 0 Å². The minimum atomic E-state index is -0.266. The van der Waals surface area contributed by atoms with E-state index < -0.39 is 0 Å². The Morgan fingerprint density at radius 1 is 1.24 bits per heavy atom. The molecule has 1 aliphatic rings. The normalized spacial score (nSPS) is 21.2. The minimum Gasteiger partial charge on any atom is -0.325 e. The van der Waals surface area contributed by atoms with Gasteiger partial charge in [-0.1, -0.05) is 18.2 Å². The zero-order chi connectivity index (χ0) is 14.7. The number of anilines is 1. The van der Waals surface area contributed by atoms with Crippen molar-refractivity contribution in [2.75, 3.05) is 5.32 Å². The summed E-state index contributed by atoms with van der Waals surface area (Å²) in [6, 6.07) is 13.4. The van der Waals surface area contributed by atoms with E-state index in [9.17, 15) is 4.79 Å². The number of nitrogens with one attached hydrogen (secondary N) is 3. The molecular weight excluding hydrogens is 264 g/mol. The molecule has 3 N–H and O–H groups in total. The van der Waals surface area contributed by atoms with Crippen molar-refractivity contribution in [2.45, 2.75) is 25.4 Å². The largest absolute Gasteiger partial charge is 0.325 e. The van der Waals surface area contributed by atoms with Gasteiger partial charge in [0, 0.05) is 11.9 Å². The van der Waals surface area contributed by atoms with Gasteiger partial charge in [0.15, 0.2) is 0 Å². The molecule has 1 aromatic heterocycles. The monoisotopic (exact) mass is 282 g/mol. The summed E-state index contributed by atoms with van der Waals surface area (Å²) in [7, 11) is 0. The number of rotatable bonds is 3. The quantitative estimate of drug-likeness (QED) is 0.805. The highest BCUT2D eigenvalue weighted by atomic mass is 16.2. The molecule has 2 unspecified atom stereocenters. The average molecular weight is 282 g/mol. The van der Waals surface area contributed by atoms with Gasteiger partial charge in [-0.3, -0.25) is 9.78 Å². The summed E-state index contributed by atoms with van der Waals surface area (Å²) >= 11 is 0. The molecule has 5 nitrogen and oxygen atoms in total. The van der Waals surface area contributed by atoms with Gasteiger partial charge in [-0.15, -0.1) is 0 Å². The summed E-state index contributed by atoms with van der Waals surface area (Å²) in [5.41, 5.74) is 9.05. The van der Waals surface area contributed by atoms with Crippen LogP contribution in [0.2, 0.25) is 0 Å². The average Bonchev–Trinajstić information content (AvgIpc) is 2.98. The molecule has 5 heteroatoms. The van der Waals surface area contributed by atoms with Gasteiger partial charge in [-0.05, 0) is 43.2 Å². The smallest absolute Gasteiger partial charge is 0.242 e. The first-order chi connectivity index (χ1) is 10.2. The third-order valence-electron chi connectivity index (χ3n) is 3.55. The number of hydrazine groups is 1. The lowest BCUT2D eigenvalue weighted by atomic mass is 10.1. The molecule has 1 amide bonds. The fourth-order valence-corrected chi connectivity index (χ4v) is 2.46. The third-order valence-corrected chi connectivity index (χ3v) is 3.55. The Morgan fingerprint density at radius 3 is 2.90 bits per heavy atom. The number of pyridine rings is 1. The van der Waals surface area contributed by atoms with E-state index in [0.717, 1.165) is 16.9 Å². The number of aromatic nitrogens is 1. The van der Waals surface area contributed by atoms with E-state index in [0.29, 0.717) is 6.42 Å². The summed E-state index contributed by atoms with van der Waals surface area (Å²) in [5, 5.41) is 2.93. The predicted molar refractivity (Wildman–Crippen MR) is 81.5 cm³/mol. The predicted octanol–water partition coefficient (Wildman–Crippen LogP) is 1.94. The van der Waals surface area contributed by atoms with Crippen LogP contribution in [0.1, 0.15) is 23.7 Å². The molecule has 2 aromatic rings. The Kier molecular flexibility index (Phi) is 3.94. The van der Waals surface area contributed by atoms with Gasteiger partial charge < -0.3 is 5.32 Å². The van der Waals surface area contributed by atoms with E-state index in [4.69, 9.17) is 0 Å². The Morgan fingerprint density at radius 2 is 2.14 bits per heavy atom. The lowest BCUT2D eigenvalue weighted by Gasteiger charge is -2.11. The molecule has 0 bridgehead atoms. The number of benzene rings is 1. The van der Waals surface area contributed by atoms with Crippen molar-refractivity contribution in [2.24, 2.45) is 0 Å². The molecule has 0 radical (unpaired) electrons. The van der Waals surface area contributed by atoms with E-state index in [1.54, 1.807) is 6.20 Å². The van der Waals surface area contributed by atoms with Crippen molar-refractivity contribution >= 4 is 11.6 Å². The van der Waals surface area contributed by atoms with Crippen LogP contribution in [0.25, 0.3) is 0 Å². The standard InChI is InChI=1S/C16H18N4O/c1-11-5-4-6-12(9-11)18-16(21)15-10-14(19-20-15)13-7-2-3-8-17-13/h2-9,14-15,19-20H,10H2,1H3,(H,18,21). The molecule has 1 aromatic carbocycles. The minimum absolute atomic E-state index is 0.0356. The molecule has 2 atom stereocenters. The van der Waals surface area contributed by atoms with Gasteiger partial charge in [-0.2, -0.15) is 0 Å². The van der Waals surface area contributed by atoms with Gasteiger partial charge in [0.1, 0.15) is 6.04 Å². The van der Waals surface area contributed by atoms with Crippen LogP contribution in [0.3, 0.4) is 0 Å². The summed E-state index contributed by atoms with van der Waals surface area (Å²) < 4.78 is 0. The Labute approximate surface area is 123 Å². The molecule has 3 rings (SSSR count). The lowest BCUT2D eigenvalue weighted by molar-refractivity contribution is -0.117. The number of carbonyl (C=O) groups is 1. The van der Waals surface area contributed by atoms with Gasteiger partial charge in [0.2, 0.25) is 5.91 Å². The lowest BCUT2D eigenvalue weighted by Crippen LogP contribution is -2.39. The van der Waals surface area contributed by atoms with Gasteiger partial charge in [0.05, 0.1) is 11.7 Å². The van der Waals surface area contributed by atoms with Crippen LogP contribution >= 0.6 is 0 Å². The second-order valence-electron chi connectivity index (χ2n) is 5.24. The van der Waals surface area contributed by atoms with Crippen LogP contribution in [-0.2, 0) is 4.79 Å². The first kappa shape index (κ1) is 13.7. The van der Waals surface area contributed by atoms with Crippen LogP contribution in [0.15, 0.2) is 48.7 Å². The number of hydrogen-bond acceptors (Lipinski definition) is 4. The van der Waals surface area contributed by atoms with Crippen molar-refractivity contribution in [3.8, 4) is 0 Å². The van der Waals surface area contributed by atoms with Gasteiger partial charge >= 0.3 is 0 Å².